The second-order valence-corrected chi connectivity index (χ2v) is 9.81. The van der Waals surface area contributed by atoms with Crippen LogP contribution in [0, 0.1) is 5.92 Å². The van der Waals surface area contributed by atoms with E-state index in [9.17, 15) is 13.2 Å². The van der Waals surface area contributed by atoms with Gasteiger partial charge in [-0.25, -0.2) is 8.42 Å². The zero-order valence-electron chi connectivity index (χ0n) is 16.1. The van der Waals surface area contributed by atoms with E-state index in [0.29, 0.717) is 31.1 Å². The molecule has 7 heteroatoms. The van der Waals surface area contributed by atoms with Crippen molar-refractivity contribution in [3.8, 4) is 0 Å². The predicted molar refractivity (Wildman–Crippen MR) is 106 cm³/mol. The largest absolute Gasteiger partial charge is 0.339 e. The molecule has 1 aromatic rings. The van der Waals surface area contributed by atoms with Gasteiger partial charge in [0.15, 0.2) is 0 Å². The van der Waals surface area contributed by atoms with Crippen molar-refractivity contribution in [3.05, 3.63) is 29.8 Å². The second-order valence-electron chi connectivity index (χ2n) is 7.81. The lowest BCUT2D eigenvalue weighted by Crippen LogP contribution is -2.40. The number of hydrogen-bond donors (Lipinski definition) is 1. The summed E-state index contributed by atoms with van der Waals surface area (Å²) in [5.41, 5.74) is 6.16. The van der Waals surface area contributed by atoms with Gasteiger partial charge in [0.25, 0.3) is 5.91 Å². The zero-order valence-corrected chi connectivity index (χ0v) is 17.0. The summed E-state index contributed by atoms with van der Waals surface area (Å²) in [6, 6.07) is 6.55. The fourth-order valence-corrected chi connectivity index (χ4v) is 5.61. The van der Waals surface area contributed by atoms with Gasteiger partial charge < -0.3 is 10.6 Å². The Morgan fingerprint density at radius 2 is 1.81 bits per heavy atom. The summed E-state index contributed by atoms with van der Waals surface area (Å²) in [4.78, 5) is 14.8. The molecule has 6 nitrogen and oxygen atoms in total. The molecule has 27 heavy (non-hydrogen) atoms. The van der Waals surface area contributed by atoms with Crippen LogP contribution in [0.4, 0.5) is 0 Å². The first-order valence-electron chi connectivity index (χ1n) is 10.0. The highest BCUT2D eigenvalue weighted by atomic mass is 32.2. The third-order valence-electron chi connectivity index (χ3n) is 6.08. The van der Waals surface area contributed by atoms with E-state index in [0.717, 1.165) is 38.5 Å². The molecule has 0 aromatic heterocycles. The molecule has 2 fully saturated rings. The number of likely N-dealkylation sites (tertiary alicyclic amines) is 1. The number of rotatable bonds is 5. The number of nitrogens with two attached hydrogens (primary N) is 1. The first-order valence-corrected chi connectivity index (χ1v) is 11.4. The molecular weight excluding hydrogens is 362 g/mol. The molecule has 0 atom stereocenters. The third kappa shape index (κ3) is 4.52. The van der Waals surface area contributed by atoms with Crippen LogP contribution in [0.25, 0.3) is 0 Å². The van der Waals surface area contributed by atoms with Crippen molar-refractivity contribution in [1.29, 1.82) is 0 Å². The van der Waals surface area contributed by atoms with E-state index >= 15 is 0 Å². The first-order chi connectivity index (χ1) is 12.9. The zero-order chi connectivity index (χ0) is 19.4. The molecule has 2 aliphatic rings. The van der Waals surface area contributed by atoms with E-state index < -0.39 is 10.0 Å². The number of benzene rings is 1. The second kappa shape index (κ2) is 8.71. The van der Waals surface area contributed by atoms with Gasteiger partial charge in [0, 0.05) is 31.7 Å². The minimum Gasteiger partial charge on any atom is -0.339 e. The summed E-state index contributed by atoms with van der Waals surface area (Å²) < 4.78 is 27.6. The van der Waals surface area contributed by atoms with Gasteiger partial charge in [-0.15, -0.1) is 0 Å². The molecule has 2 N–H and O–H groups in total. The summed E-state index contributed by atoms with van der Waals surface area (Å²) in [5, 5.41) is 0. The van der Waals surface area contributed by atoms with Crippen LogP contribution in [-0.4, -0.2) is 56.3 Å². The molecule has 0 unspecified atom stereocenters. The van der Waals surface area contributed by atoms with E-state index in [1.54, 1.807) is 25.2 Å². The fourth-order valence-electron chi connectivity index (χ4n) is 4.15. The Hall–Kier alpha value is -1.44. The van der Waals surface area contributed by atoms with Gasteiger partial charge in [-0.05, 0) is 56.3 Å². The molecule has 150 valence electrons. The molecular formula is C20H31N3O3S. The lowest BCUT2D eigenvalue weighted by molar-refractivity contribution is 0.0693. The Kier molecular flexibility index (Phi) is 6.55. The third-order valence-corrected chi connectivity index (χ3v) is 7.99. The van der Waals surface area contributed by atoms with Crippen molar-refractivity contribution < 1.29 is 13.2 Å². The van der Waals surface area contributed by atoms with Crippen LogP contribution in [-0.2, 0) is 10.0 Å². The monoisotopic (exact) mass is 393 g/mol. The van der Waals surface area contributed by atoms with Gasteiger partial charge in [-0.2, -0.15) is 4.31 Å². The summed E-state index contributed by atoms with van der Waals surface area (Å²) in [6.07, 6.45) is 6.95. The van der Waals surface area contributed by atoms with Crippen molar-refractivity contribution in [2.24, 2.45) is 11.7 Å². The molecule has 1 saturated heterocycles. The quantitative estimate of drug-likeness (QED) is 0.833. The van der Waals surface area contributed by atoms with Gasteiger partial charge >= 0.3 is 0 Å². The van der Waals surface area contributed by atoms with Gasteiger partial charge in [-0.3, -0.25) is 4.79 Å². The average molecular weight is 394 g/mol. The van der Waals surface area contributed by atoms with Crippen molar-refractivity contribution in [2.45, 2.75) is 55.9 Å². The molecule has 1 aromatic carbocycles. The van der Waals surface area contributed by atoms with Gasteiger partial charge in [0.1, 0.15) is 0 Å². The standard InChI is InChI=1S/C20H31N3O3S/c1-22(18-7-3-2-4-8-18)27(25,26)19-9-5-6-17(14-19)20(24)23-12-10-16(15-21)11-13-23/h5-6,9,14,16,18H,2-4,7-8,10-13,15,21H2,1H3. The molecule has 1 heterocycles. The molecule has 1 aliphatic heterocycles. The number of amides is 1. The highest BCUT2D eigenvalue weighted by Gasteiger charge is 2.30. The Labute approximate surface area is 162 Å². The SMILES string of the molecule is CN(C1CCCCC1)S(=O)(=O)c1cccc(C(=O)N2CCC(CN)CC2)c1. The topological polar surface area (TPSA) is 83.7 Å². The summed E-state index contributed by atoms with van der Waals surface area (Å²) in [5.74, 6) is 0.382. The summed E-state index contributed by atoms with van der Waals surface area (Å²) >= 11 is 0. The number of nitrogens with zero attached hydrogens (tertiary/aromatic N) is 2. The van der Waals surface area contributed by atoms with Crippen molar-refractivity contribution in [3.63, 3.8) is 0 Å². The first kappa shape index (κ1) is 20.3. The average Bonchev–Trinajstić information content (AvgIpc) is 2.73. The highest BCUT2D eigenvalue weighted by molar-refractivity contribution is 7.89. The van der Waals surface area contributed by atoms with Gasteiger partial charge in [0.05, 0.1) is 4.90 Å². The highest BCUT2D eigenvalue weighted by Crippen LogP contribution is 2.27. The van der Waals surface area contributed by atoms with Crippen LogP contribution in [0.2, 0.25) is 0 Å². The van der Waals surface area contributed by atoms with Crippen molar-refractivity contribution in [1.82, 2.24) is 9.21 Å². The fraction of sp³-hybridized carbons (Fsp3) is 0.650. The number of sulfonamides is 1. The van der Waals surface area contributed by atoms with E-state index in [4.69, 9.17) is 5.73 Å². The van der Waals surface area contributed by atoms with E-state index in [-0.39, 0.29) is 16.8 Å². The molecule has 1 saturated carbocycles. The van der Waals surface area contributed by atoms with Crippen LogP contribution in [0.1, 0.15) is 55.3 Å². The summed E-state index contributed by atoms with van der Waals surface area (Å²) in [7, 11) is -1.93. The number of hydrogen-bond acceptors (Lipinski definition) is 4. The van der Waals surface area contributed by atoms with Crippen LogP contribution < -0.4 is 5.73 Å². The minimum atomic E-state index is -3.59. The molecule has 3 rings (SSSR count). The number of carbonyl (C=O) groups is 1. The van der Waals surface area contributed by atoms with Crippen LogP contribution >= 0.6 is 0 Å². The molecule has 0 spiro atoms. The van der Waals surface area contributed by atoms with E-state index in [1.807, 2.05) is 4.90 Å². The van der Waals surface area contributed by atoms with Crippen molar-refractivity contribution in [2.75, 3.05) is 26.7 Å². The Morgan fingerprint density at radius 1 is 1.15 bits per heavy atom. The van der Waals surface area contributed by atoms with Gasteiger partial charge in [0.2, 0.25) is 10.0 Å². The van der Waals surface area contributed by atoms with E-state index in [1.165, 1.54) is 16.8 Å². The predicted octanol–water partition coefficient (Wildman–Crippen LogP) is 2.45. The Morgan fingerprint density at radius 3 is 2.44 bits per heavy atom. The molecule has 1 aliphatic carbocycles. The lowest BCUT2D eigenvalue weighted by Gasteiger charge is -2.32. The Balaban J connectivity index is 1.75. The van der Waals surface area contributed by atoms with Crippen LogP contribution in [0.3, 0.4) is 0 Å². The summed E-state index contributed by atoms with van der Waals surface area (Å²) in [6.45, 7) is 2.02. The molecule has 0 bridgehead atoms. The lowest BCUT2D eigenvalue weighted by atomic mass is 9.96. The van der Waals surface area contributed by atoms with Crippen LogP contribution in [0.5, 0.6) is 0 Å². The maximum absolute atomic E-state index is 13.1. The van der Waals surface area contributed by atoms with E-state index in [2.05, 4.69) is 0 Å². The maximum atomic E-state index is 13.1. The van der Waals surface area contributed by atoms with Crippen LogP contribution in [0.15, 0.2) is 29.2 Å². The minimum absolute atomic E-state index is 0.0541. The Bertz CT molecular complexity index is 751. The molecule has 1 amide bonds. The normalized spacial score (nSPS) is 20.2. The maximum Gasteiger partial charge on any atom is 0.253 e. The number of piperidine rings is 1. The van der Waals surface area contributed by atoms with Crippen molar-refractivity contribution >= 4 is 15.9 Å². The smallest absolute Gasteiger partial charge is 0.253 e. The molecule has 0 radical (unpaired) electrons. The number of carbonyl (C=O) groups excluding carboxylic acids is 1. The van der Waals surface area contributed by atoms with Gasteiger partial charge in [-0.1, -0.05) is 25.3 Å².